The van der Waals surface area contributed by atoms with E-state index in [1.807, 2.05) is 0 Å². The largest absolute Gasteiger partial charge is 0.406 e. The van der Waals surface area contributed by atoms with Crippen molar-refractivity contribution in [3.05, 3.63) is 0 Å². The van der Waals surface area contributed by atoms with E-state index in [4.69, 9.17) is 0 Å². The van der Waals surface area contributed by atoms with Gasteiger partial charge in [-0.3, -0.25) is 9.59 Å². The molecule has 2 aliphatic rings. The van der Waals surface area contributed by atoms with Crippen molar-refractivity contribution in [2.45, 2.75) is 63.7 Å². The zero-order valence-corrected chi connectivity index (χ0v) is 12.1. The van der Waals surface area contributed by atoms with Gasteiger partial charge in [-0.15, -0.1) is 0 Å². The number of hydrogen-bond donors (Lipinski definition) is 1. The summed E-state index contributed by atoms with van der Waals surface area (Å²) in [5.74, 6) is -0.968. The lowest BCUT2D eigenvalue weighted by Crippen LogP contribution is -2.52. The Labute approximate surface area is 122 Å². The summed E-state index contributed by atoms with van der Waals surface area (Å²) in [5, 5.41) is 2.65. The first-order valence-electron chi connectivity index (χ1n) is 7.44. The molecule has 0 radical (unpaired) electrons. The van der Waals surface area contributed by atoms with Gasteiger partial charge in [0, 0.05) is 12.5 Å². The lowest BCUT2D eigenvalue weighted by Gasteiger charge is -2.33. The fraction of sp³-hybridized carbons (Fsp3) is 0.857. The fourth-order valence-corrected chi connectivity index (χ4v) is 3.28. The molecule has 0 aromatic carbocycles. The van der Waals surface area contributed by atoms with E-state index in [1.165, 1.54) is 6.92 Å². The Kier molecular flexibility index (Phi) is 4.78. The maximum atomic E-state index is 12.7. The van der Waals surface area contributed by atoms with Crippen molar-refractivity contribution in [1.29, 1.82) is 0 Å². The van der Waals surface area contributed by atoms with E-state index in [2.05, 4.69) is 5.32 Å². The molecule has 1 N–H and O–H groups in total. The molecule has 2 atom stereocenters. The first-order valence-corrected chi connectivity index (χ1v) is 7.44. The van der Waals surface area contributed by atoms with E-state index in [9.17, 15) is 22.8 Å². The summed E-state index contributed by atoms with van der Waals surface area (Å²) in [7, 11) is 0. The third-order valence-corrected chi connectivity index (χ3v) is 4.35. The van der Waals surface area contributed by atoms with Gasteiger partial charge >= 0.3 is 6.18 Å². The van der Waals surface area contributed by atoms with Crippen LogP contribution in [0.15, 0.2) is 0 Å². The van der Waals surface area contributed by atoms with Crippen molar-refractivity contribution in [2.24, 2.45) is 5.92 Å². The van der Waals surface area contributed by atoms with Crippen LogP contribution in [0.4, 0.5) is 13.2 Å². The van der Waals surface area contributed by atoms with Crippen molar-refractivity contribution >= 4 is 11.8 Å². The lowest BCUT2D eigenvalue weighted by atomic mass is 9.83. The Morgan fingerprint density at radius 1 is 1.19 bits per heavy atom. The van der Waals surface area contributed by atoms with E-state index in [-0.39, 0.29) is 18.2 Å². The standard InChI is InChI=1S/C14H21F3N2O2/c1-9-7-11(20)18-12(10-5-3-2-4-6-10)13(21)19(9)8-14(15,16)17/h9-10,12H,2-8H2,1H3,(H,18,20). The molecule has 1 aliphatic carbocycles. The number of carbonyl (C=O) groups is 2. The zero-order valence-electron chi connectivity index (χ0n) is 12.1. The number of nitrogens with zero attached hydrogens (tertiary/aromatic N) is 1. The highest BCUT2D eigenvalue weighted by atomic mass is 19.4. The minimum absolute atomic E-state index is 0.0452. The van der Waals surface area contributed by atoms with E-state index in [0.717, 1.165) is 37.0 Å². The average Bonchev–Trinajstić information content (AvgIpc) is 2.50. The van der Waals surface area contributed by atoms with Gasteiger partial charge in [-0.05, 0) is 25.7 Å². The number of amides is 2. The summed E-state index contributed by atoms with van der Waals surface area (Å²) in [6.07, 6.45) is 0.0294. The Hall–Kier alpha value is -1.27. The van der Waals surface area contributed by atoms with Crippen LogP contribution in [-0.2, 0) is 9.59 Å². The van der Waals surface area contributed by atoms with Crippen LogP contribution in [0.3, 0.4) is 0 Å². The summed E-state index contributed by atoms with van der Waals surface area (Å²) in [6.45, 7) is 0.206. The van der Waals surface area contributed by atoms with Crippen LogP contribution in [0.2, 0.25) is 0 Å². The van der Waals surface area contributed by atoms with Crippen LogP contribution in [0.25, 0.3) is 0 Å². The van der Waals surface area contributed by atoms with Gasteiger partial charge in [0.05, 0.1) is 0 Å². The molecule has 0 bridgehead atoms. The molecule has 2 unspecified atom stereocenters. The molecule has 2 rings (SSSR count). The number of nitrogens with one attached hydrogen (secondary N) is 1. The zero-order chi connectivity index (χ0) is 15.6. The van der Waals surface area contributed by atoms with Crippen molar-refractivity contribution in [1.82, 2.24) is 10.2 Å². The van der Waals surface area contributed by atoms with Gasteiger partial charge in [0.2, 0.25) is 11.8 Å². The van der Waals surface area contributed by atoms with Crippen molar-refractivity contribution in [2.75, 3.05) is 6.54 Å². The van der Waals surface area contributed by atoms with Crippen LogP contribution in [0, 0.1) is 5.92 Å². The van der Waals surface area contributed by atoms with Gasteiger partial charge in [0.25, 0.3) is 0 Å². The second-order valence-electron chi connectivity index (χ2n) is 6.08. The smallest absolute Gasteiger partial charge is 0.344 e. The highest BCUT2D eigenvalue weighted by molar-refractivity contribution is 5.90. The second kappa shape index (κ2) is 6.23. The molecule has 1 aliphatic heterocycles. The van der Waals surface area contributed by atoms with Crippen LogP contribution in [0.5, 0.6) is 0 Å². The lowest BCUT2D eigenvalue weighted by molar-refractivity contribution is -0.166. The van der Waals surface area contributed by atoms with E-state index < -0.39 is 30.7 Å². The molecule has 21 heavy (non-hydrogen) atoms. The number of alkyl halides is 3. The normalized spacial score (nSPS) is 29.2. The van der Waals surface area contributed by atoms with Crippen LogP contribution < -0.4 is 5.32 Å². The van der Waals surface area contributed by atoms with Crippen LogP contribution in [0.1, 0.15) is 45.4 Å². The Bertz CT molecular complexity index is 406. The molecule has 0 aromatic heterocycles. The van der Waals surface area contributed by atoms with E-state index in [1.54, 1.807) is 0 Å². The molecule has 2 amide bonds. The summed E-state index contributed by atoms with van der Waals surface area (Å²) < 4.78 is 38.1. The molecule has 0 spiro atoms. The van der Waals surface area contributed by atoms with Gasteiger partial charge in [-0.2, -0.15) is 13.2 Å². The van der Waals surface area contributed by atoms with Crippen LogP contribution in [-0.4, -0.2) is 41.5 Å². The third-order valence-electron chi connectivity index (χ3n) is 4.35. The molecular weight excluding hydrogens is 285 g/mol. The van der Waals surface area contributed by atoms with Crippen molar-refractivity contribution in [3.63, 3.8) is 0 Å². The molecule has 2 fully saturated rings. The third kappa shape index (κ3) is 4.11. The molecule has 1 saturated heterocycles. The predicted molar refractivity (Wildman–Crippen MR) is 70.4 cm³/mol. The first kappa shape index (κ1) is 16.1. The average molecular weight is 306 g/mol. The molecule has 120 valence electrons. The fourth-order valence-electron chi connectivity index (χ4n) is 3.28. The first-order chi connectivity index (χ1) is 9.78. The monoisotopic (exact) mass is 306 g/mol. The molecule has 1 heterocycles. The van der Waals surface area contributed by atoms with Gasteiger partial charge in [-0.1, -0.05) is 19.3 Å². The molecule has 0 aromatic rings. The summed E-state index contributed by atoms with van der Waals surface area (Å²) >= 11 is 0. The molecule has 7 heteroatoms. The topological polar surface area (TPSA) is 49.4 Å². The summed E-state index contributed by atoms with van der Waals surface area (Å²) in [6, 6.07) is -1.53. The predicted octanol–water partition coefficient (Wildman–Crippen LogP) is 2.23. The molecular formula is C14H21F3N2O2. The van der Waals surface area contributed by atoms with Gasteiger partial charge in [0.15, 0.2) is 0 Å². The van der Waals surface area contributed by atoms with Gasteiger partial charge in [-0.25, -0.2) is 0 Å². The van der Waals surface area contributed by atoms with E-state index in [0.29, 0.717) is 0 Å². The SMILES string of the molecule is CC1CC(=O)NC(C2CCCCC2)C(=O)N1CC(F)(F)F. The minimum Gasteiger partial charge on any atom is -0.344 e. The quantitative estimate of drug-likeness (QED) is 0.850. The summed E-state index contributed by atoms with van der Waals surface area (Å²) in [4.78, 5) is 25.1. The van der Waals surface area contributed by atoms with Gasteiger partial charge in [0.1, 0.15) is 12.6 Å². The maximum Gasteiger partial charge on any atom is 0.406 e. The Morgan fingerprint density at radius 2 is 1.81 bits per heavy atom. The van der Waals surface area contributed by atoms with Crippen LogP contribution >= 0.6 is 0 Å². The molecule has 4 nitrogen and oxygen atoms in total. The van der Waals surface area contributed by atoms with E-state index >= 15 is 0 Å². The Balaban J connectivity index is 2.19. The minimum atomic E-state index is -4.45. The summed E-state index contributed by atoms with van der Waals surface area (Å²) in [5.41, 5.74) is 0. The Morgan fingerprint density at radius 3 is 2.38 bits per heavy atom. The number of halogens is 3. The number of rotatable bonds is 2. The second-order valence-corrected chi connectivity index (χ2v) is 6.08. The van der Waals surface area contributed by atoms with Crippen molar-refractivity contribution < 1.29 is 22.8 Å². The highest BCUT2D eigenvalue weighted by Gasteiger charge is 2.43. The van der Waals surface area contributed by atoms with Crippen molar-refractivity contribution in [3.8, 4) is 0 Å². The number of carbonyl (C=O) groups excluding carboxylic acids is 2. The van der Waals surface area contributed by atoms with Gasteiger partial charge < -0.3 is 10.2 Å². The molecule has 1 saturated carbocycles. The maximum absolute atomic E-state index is 12.7. The number of hydrogen-bond acceptors (Lipinski definition) is 2. The highest BCUT2D eigenvalue weighted by Crippen LogP contribution is 2.30.